The van der Waals surface area contributed by atoms with Crippen molar-refractivity contribution in [3.63, 3.8) is 0 Å². The van der Waals surface area contributed by atoms with Gasteiger partial charge in [0.1, 0.15) is 0 Å². The van der Waals surface area contributed by atoms with E-state index in [4.69, 9.17) is 0 Å². The van der Waals surface area contributed by atoms with E-state index in [0.29, 0.717) is 0 Å². The first kappa shape index (κ1) is 47.4. The molecule has 0 radical (unpaired) electrons. The summed E-state index contributed by atoms with van der Waals surface area (Å²) in [6, 6.07) is 0. The van der Waals surface area contributed by atoms with Gasteiger partial charge in [0.15, 0.2) is 0 Å². The lowest BCUT2D eigenvalue weighted by Crippen LogP contribution is -2.13. The molecule has 0 aliphatic carbocycles. The van der Waals surface area contributed by atoms with Gasteiger partial charge in [-0.15, -0.1) is 0 Å². The quantitative estimate of drug-likeness (QED) is 0.0505. The van der Waals surface area contributed by atoms with E-state index in [1.807, 2.05) is 0 Å². The number of hydrogen-bond acceptors (Lipinski definition) is 1. The third-order valence-electron chi connectivity index (χ3n) is 11.6. The molecule has 0 aliphatic rings. The number of rotatable bonds is 40. The first-order chi connectivity index (χ1) is 23.5. The smallest absolute Gasteiger partial charge is 0.00493 e. The van der Waals surface area contributed by atoms with Crippen molar-refractivity contribution >= 4 is 0 Å². The van der Waals surface area contributed by atoms with E-state index in [1.54, 1.807) is 11.1 Å². The van der Waals surface area contributed by atoms with Crippen LogP contribution in [0, 0.1) is 17.8 Å². The average molecular weight is 672 g/mol. The molecule has 0 aromatic heterocycles. The van der Waals surface area contributed by atoms with Crippen molar-refractivity contribution in [1.29, 1.82) is 0 Å². The monoisotopic (exact) mass is 672 g/mol. The van der Waals surface area contributed by atoms with Crippen molar-refractivity contribution < 1.29 is 0 Å². The van der Waals surface area contributed by atoms with Crippen molar-refractivity contribution in [2.75, 3.05) is 13.6 Å². The van der Waals surface area contributed by atoms with Crippen LogP contribution < -0.4 is 5.32 Å². The van der Waals surface area contributed by atoms with Gasteiger partial charge in [0.05, 0.1) is 0 Å². The number of hydrogen-bond donors (Lipinski definition) is 1. The van der Waals surface area contributed by atoms with Gasteiger partial charge >= 0.3 is 0 Å². The number of nitrogens with one attached hydrogen (secondary N) is 1. The van der Waals surface area contributed by atoms with Crippen LogP contribution in [0.15, 0.2) is 24.3 Å². The summed E-state index contributed by atoms with van der Waals surface area (Å²) >= 11 is 0. The summed E-state index contributed by atoms with van der Waals surface area (Å²) in [5.74, 6) is 2.53. The predicted octanol–water partition coefficient (Wildman–Crippen LogP) is 16.5. The molecule has 1 heteroatoms. The maximum absolute atomic E-state index is 4.57. The van der Waals surface area contributed by atoms with E-state index < -0.39 is 0 Å². The summed E-state index contributed by atoms with van der Waals surface area (Å²) in [5.41, 5.74) is 3.15. The zero-order valence-electron chi connectivity index (χ0n) is 34.4. The summed E-state index contributed by atoms with van der Waals surface area (Å²) in [6.07, 6.45) is 47.5. The minimum Gasteiger partial charge on any atom is -0.320 e. The molecule has 1 N–H and O–H groups in total. The van der Waals surface area contributed by atoms with Crippen LogP contribution >= 0.6 is 0 Å². The highest BCUT2D eigenvalue weighted by molar-refractivity contribution is 5.01. The molecule has 0 amide bonds. The summed E-state index contributed by atoms with van der Waals surface area (Å²) in [4.78, 5) is 0. The summed E-state index contributed by atoms with van der Waals surface area (Å²) in [7, 11) is 2.12. The van der Waals surface area contributed by atoms with Crippen LogP contribution in [0.5, 0.6) is 0 Å². The van der Waals surface area contributed by atoms with Crippen LogP contribution in [0.2, 0.25) is 0 Å². The Hall–Kier alpha value is -0.560. The molecule has 1 nitrogen and oxygen atoms in total. The molecule has 0 saturated carbocycles. The molecule has 0 saturated heterocycles. The standard InChI is InChI=1S/C47H93N/c1-8-12-16-31-39-46(37-14-10-3)43(5)33-27-23-19-18-20-25-29-35-45(41-42-48-7)36-30-26-22-21-24-28-34-44(6)47(38-15-11-4)40-32-17-13-9-2/h45-48H,5-6,8-42H2,1-4,7H3. The molecule has 286 valence electrons. The van der Waals surface area contributed by atoms with Gasteiger partial charge in [-0.3, -0.25) is 0 Å². The molecule has 0 aromatic rings. The molecular weight excluding hydrogens is 579 g/mol. The van der Waals surface area contributed by atoms with Gasteiger partial charge in [0, 0.05) is 0 Å². The fourth-order valence-electron chi connectivity index (χ4n) is 7.99. The Balaban J connectivity index is 4.01. The fraction of sp³-hybridized carbons (Fsp3) is 0.915. The van der Waals surface area contributed by atoms with Crippen LogP contribution in [0.25, 0.3) is 0 Å². The van der Waals surface area contributed by atoms with Gasteiger partial charge in [-0.25, -0.2) is 0 Å². The molecule has 0 aliphatic heterocycles. The van der Waals surface area contributed by atoms with Gasteiger partial charge in [0.2, 0.25) is 0 Å². The molecule has 0 rings (SSSR count). The normalized spacial score (nSPS) is 13.5. The van der Waals surface area contributed by atoms with Crippen LogP contribution in [0.4, 0.5) is 0 Å². The first-order valence-electron chi connectivity index (χ1n) is 22.5. The number of unbranched alkanes of at least 4 members (excludes halogenated alkanes) is 19. The third-order valence-corrected chi connectivity index (χ3v) is 11.6. The Morgan fingerprint density at radius 1 is 0.375 bits per heavy atom. The summed E-state index contributed by atoms with van der Waals surface area (Å²) < 4.78 is 0. The van der Waals surface area contributed by atoms with Crippen molar-refractivity contribution in [1.82, 2.24) is 5.32 Å². The Bertz CT molecular complexity index is 664. The first-order valence-corrected chi connectivity index (χ1v) is 22.5. The Kier molecular flexibility index (Phi) is 37.2. The zero-order valence-corrected chi connectivity index (χ0v) is 34.4. The van der Waals surface area contributed by atoms with E-state index in [2.05, 4.69) is 53.2 Å². The molecule has 0 aromatic carbocycles. The second-order valence-electron chi connectivity index (χ2n) is 16.1. The molecule has 0 fully saturated rings. The van der Waals surface area contributed by atoms with Crippen molar-refractivity contribution in [2.24, 2.45) is 17.8 Å². The molecular formula is C47H93N. The van der Waals surface area contributed by atoms with Crippen LogP contribution in [0.3, 0.4) is 0 Å². The zero-order chi connectivity index (χ0) is 35.3. The Morgan fingerprint density at radius 3 is 1.06 bits per heavy atom. The third kappa shape index (κ3) is 30.3. The predicted molar refractivity (Wildman–Crippen MR) is 222 cm³/mol. The van der Waals surface area contributed by atoms with Crippen molar-refractivity contribution in [2.45, 2.75) is 246 Å². The lowest BCUT2D eigenvalue weighted by Gasteiger charge is -2.20. The van der Waals surface area contributed by atoms with Crippen LogP contribution in [-0.4, -0.2) is 13.6 Å². The minimum atomic E-state index is 0.796. The maximum atomic E-state index is 4.57. The highest BCUT2D eigenvalue weighted by Crippen LogP contribution is 2.29. The number of allylic oxidation sites excluding steroid dienone is 2. The summed E-state index contributed by atoms with van der Waals surface area (Å²) in [5, 5.41) is 3.42. The highest BCUT2D eigenvalue weighted by atomic mass is 14.8. The Labute approximate surface area is 306 Å². The van der Waals surface area contributed by atoms with E-state index in [-0.39, 0.29) is 0 Å². The maximum Gasteiger partial charge on any atom is -0.00493 e. The lowest BCUT2D eigenvalue weighted by atomic mass is 9.86. The van der Waals surface area contributed by atoms with Gasteiger partial charge in [0.25, 0.3) is 0 Å². The van der Waals surface area contributed by atoms with Gasteiger partial charge in [-0.05, 0) is 89.1 Å². The second-order valence-corrected chi connectivity index (χ2v) is 16.1. The van der Waals surface area contributed by atoms with Crippen LogP contribution in [0.1, 0.15) is 246 Å². The SMILES string of the molecule is C=C(CCCCCCCCCC(CCCCCCCCC(=C)C(CCCC)CCCCCC)CCNC)C(CCCC)CCCCCC. The van der Waals surface area contributed by atoms with E-state index in [0.717, 1.165) is 17.8 Å². The molecule has 0 heterocycles. The fourth-order valence-corrected chi connectivity index (χ4v) is 7.99. The topological polar surface area (TPSA) is 12.0 Å². The second kappa shape index (κ2) is 37.7. The van der Waals surface area contributed by atoms with E-state index in [1.165, 1.54) is 225 Å². The largest absolute Gasteiger partial charge is 0.320 e. The molecule has 0 spiro atoms. The molecule has 3 unspecified atom stereocenters. The molecule has 48 heavy (non-hydrogen) atoms. The molecule has 0 bridgehead atoms. The van der Waals surface area contributed by atoms with Crippen molar-refractivity contribution in [3.8, 4) is 0 Å². The summed E-state index contributed by atoms with van der Waals surface area (Å²) in [6.45, 7) is 19.6. The van der Waals surface area contributed by atoms with Crippen LogP contribution in [-0.2, 0) is 0 Å². The molecule has 3 atom stereocenters. The van der Waals surface area contributed by atoms with E-state index in [9.17, 15) is 0 Å². The lowest BCUT2D eigenvalue weighted by molar-refractivity contribution is 0.376. The van der Waals surface area contributed by atoms with Gasteiger partial charge in [-0.1, -0.05) is 213 Å². The van der Waals surface area contributed by atoms with Crippen molar-refractivity contribution in [3.05, 3.63) is 24.3 Å². The minimum absolute atomic E-state index is 0.796. The van der Waals surface area contributed by atoms with E-state index >= 15 is 0 Å². The van der Waals surface area contributed by atoms with Gasteiger partial charge < -0.3 is 5.32 Å². The Morgan fingerprint density at radius 2 is 0.688 bits per heavy atom. The van der Waals surface area contributed by atoms with Gasteiger partial charge in [-0.2, -0.15) is 0 Å². The highest BCUT2D eigenvalue weighted by Gasteiger charge is 2.13. The average Bonchev–Trinajstić information content (AvgIpc) is 3.09.